The van der Waals surface area contributed by atoms with E-state index in [1.165, 1.54) is 11.3 Å². The van der Waals surface area contributed by atoms with Crippen LogP contribution in [0.15, 0.2) is 46.0 Å². The van der Waals surface area contributed by atoms with Crippen molar-refractivity contribution in [2.45, 2.75) is 6.92 Å². The maximum absolute atomic E-state index is 12.3. The van der Waals surface area contributed by atoms with Gasteiger partial charge in [0.15, 0.2) is 0 Å². The van der Waals surface area contributed by atoms with Crippen LogP contribution in [0.5, 0.6) is 0 Å². The molecule has 1 aliphatic heterocycles. The molecule has 1 aromatic carbocycles. The number of anilines is 1. The van der Waals surface area contributed by atoms with E-state index in [-0.39, 0.29) is 6.54 Å². The third kappa shape index (κ3) is 3.74. The summed E-state index contributed by atoms with van der Waals surface area (Å²) >= 11 is 2.36. The Morgan fingerprint density at radius 1 is 1.21 bits per heavy atom. The van der Waals surface area contributed by atoms with Crippen LogP contribution in [0.3, 0.4) is 0 Å². The second-order valence-corrected chi connectivity index (χ2v) is 7.01. The molecule has 3 rings (SSSR count). The normalized spacial score (nSPS) is 16.0. The van der Waals surface area contributed by atoms with Gasteiger partial charge in [-0.3, -0.25) is 19.3 Å². The zero-order chi connectivity index (χ0) is 17.1. The van der Waals surface area contributed by atoms with Crippen molar-refractivity contribution in [3.8, 4) is 0 Å². The molecule has 7 heteroatoms. The fourth-order valence-electron chi connectivity index (χ4n) is 2.13. The summed E-state index contributed by atoms with van der Waals surface area (Å²) in [5.41, 5.74) is 2.58. The molecule has 0 bridgehead atoms. The highest BCUT2D eigenvalue weighted by Gasteiger charge is 2.36. The lowest BCUT2D eigenvalue weighted by Gasteiger charge is -2.12. The molecular weight excluding hydrogens is 344 g/mol. The summed E-state index contributed by atoms with van der Waals surface area (Å²) in [5.74, 6) is -0.840. The average molecular weight is 358 g/mol. The van der Waals surface area contributed by atoms with Gasteiger partial charge in [-0.25, -0.2) is 0 Å². The number of nitrogens with zero attached hydrogens (tertiary/aromatic N) is 1. The first kappa shape index (κ1) is 16.5. The Morgan fingerprint density at radius 2 is 1.96 bits per heavy atom. The van der Waals surface area contributed by atoms with Crippen molar-refractivity contribution in [3.05, 3.63) is 57.1 Å². The third-order valence-electron chi connectivity index (χ3n) is 3.35. The molecule has 122 valence electrons. The predicted octanol–water partition coefficient (Wildman–Crippen LogP) is 3.73. The molecule has 0 spiro atoms. The summed E-state index contributed by atoms with van der Waals surface area (Å²) in [6.07, 6.45) is 1.67. The van der Waals surface area contributed by atoms with E-state index < -0.39 is 17.1 Å². The minimum absolute atomic E-state index is 0.292. The van der Waals surface area contributed by atoms with E-state index in [0.29, 0.717) is 10.6 Å². The van der Waals surface area contributed by atoms with E-state index >= 15 is 0 Å². The number of benzene rings is 1. The van der Waals surface area contributed by atoms with E-state index in [9.17, 15) is 14.4 Å². The van der Waals surface area contributed by atoms with Crippen molar-refractivity contribution in [2.75, 3.05) is 11.9 Å². The van der Waals surface area contributed by atoms with Gasteiger partial charge in [-0.1, -0.05) is 17.7 Å². The average Bonchev–Trinajstić information content (AvgIpc) is 3.14. The number of carbonyl (C=O) groups excluding carboxylic acids is 3. The molecule has 5 nitrogen and oxygen atoms in total. The highest BCUT2D eigenvalue weighted by Crippen LogP contribution is 2.32. The maximum atomic E-state index is 12.3. The fourth-order valence-corrected chi connectivity index (χ4v) is 3.58. The van der Waals surface area contributed by atoms with Crippen molar-refractivity contribution in [2.24, 2.45) is 0 Å². The van der Waals surface area contributed by atoms with Gasteiger partial charge in [0.05, 0.1) is 4.91 Å². The topological polar surface area (TPSA) is 66.5 Å². The monoisotopic (exact) mass is 358 g/mol. The van der Waals surface area contributed by atoms with Crippen LogP contribution in [0.4, 0.5) is 10.5 Å². The van der Waals surface area contributed by atoms with Crippen molar-refractivity contribution in [3.63, 3.8) is 0 Å². The van der Waals surface area contributed by atoms with Crippen molar-refractivity contribution in [1.82, 2.24) is 4.90 Å². The highest BCUT2D eigenvalue weighted by molar-refractivity contribution is 8.18. The van der Waals surface area contributed by atoms with E-state index in [0.717, 1.165) is 27.8 Å². The van der Waals surface area contributed by atoms with Crippen LogP contribution in [0.2, 0.25) is 0 Å². The van der Waals surface area contributed by atoms with Crippen molar-refractivity contribution >= 4 is 51.9 Å². The molecule has 0 aliphatic carbocycles. The molecule has 1 aliphatic rings. The van der Waals surface area contributed by atoms with Crippen LogP contribution in [-0.4, -0.2) is 28.5 Å². The summed E-state index contributed by atoms with van der Waals surface area (Å²) in [7, 11) is 0. The Hall–Kier alpha value is -2.38. The first-order valence-electron chi connectivity index (χ1n) is 7.17. The van der Waals surface area contributed by atoms with E-state index in [1.807, 2.05) is 35.9 Å². The highest BCUT2D eigenvalue weighted by atomic mass is 32.2. The minimum atomic E-state index is -0.435. The van der Waals surface area contributed by atoms with Crippen LogP contribution in [0, 0.1) is 6.92 Å². The Morgan fingerprint density at radius 3 is 2.62 bits per heavy atom. The standard InChI is InChI=1S/C17H14N2O3S2/c1-11-2-4-13(5-3-11)18-15(20)9-19-16(21)14(24-17(19)22)8-12-6-7-23-10-12/h2-8,10H,9H2,1H3,(H,18,20). The largest absolute Gasteiger partial charge is 0.325 e. The second-order valence-electron chi connectivity index (χ2n) is 5.24. The zero-order valence-corrected chi connectivity index (χ0v) is 14.4. The Balaban J connectivity index is 1.66. The maximum Gasteiger partial charge on any atom is 0.294 e. The summed E-state index contributed by atoms with van der Waals surface area (Å²) in [6.45, 7) is 1.66. The third-order valence-corrected chi connectivity index (χ3v) is 4.96. The molecule has 1 fully saturated rings. The molecule has 0 atom stereocenters. The number of thiophene rings is 1. The summed E-state index contributed by atoms with van der Waals surface area (Å²) in [4.78, 5) is 37.7. The SMILES string of the molecule is Cc1ccc(NC(=O)CN2C(=O)SC(=Cc3ccsc3)C2=O)cc1. The van der Waals surface area contributed by atoms with E-state index in [4.69, 9.17) is 0 Å². The molecule has 2 aromatic rings. The van der Waals surface area contributed by atoms with Crippen LogP contribution in [-0.2, 0) is 9.59 Å². The Kier molecular flexibility index (Phi) is 4.82. The second kappa shape index (κ2) is 7.02. The number of hydrogen-bond donors (Lipinski definition) is 1. The number of thioether (sulfide) groups is 1. The van der Waals surface area contributed by atoms with E-state index in [1.54, 1.807) is 18.2 Å². The first-order valence-corrected chi connectivity index (χ1v) is 8.93. The van der Waals surface area contributed by atoms with Gasteiger partial charge in [-0.05, 0) is 59.3 Å². The number of amides is 3. The summed E-state index contributed by atoms with van der Waals surface area (Å²) in [5, 5.41) is 6.04. The van der Waals surface area contributed by atoms with E-state index in [2.05, 4.69) is 5.32 Å². The molecule has 1 saturated heterocycles. The smallest absolute Gasteiger partial charge is 0.294 e. The lowest BCUT2D eigenvalue weighted by molar-refractivity contribution is -0.127. The van der Waals surface area contributed by atoms with Gasteiger partial charge in [-0.15, -0.1) is 0 Å². The number of hydrogen-bond acceptors (Lipinski definition) is 5. The van der Waals surface area contributed by atoms with Crippen molar-refractivity contribution < 1.29 is 14.4 Å². The van der Waals surface area contributed by atoms with Gasteiger partial charge in [0.2, 0.25) is 5.91 Å². The van der Waals surface area contributed by atoms with Gasteiger partial charge < -0.3 is 5.32 Å². The quantitative estimate of drug-likeness (QED) is 0.846. The minimum Gasteiger partial charge on any atom is -0.325 e. The molecule has 0 unspecified atom stereocenters. The number of rotatable bonds is 4. The Bertz CT molecular complexity index is 811. The predicted molar refractivity (Wildman–Crippen MR) is 96.8 cm³/mol. The fraction of sp³-hybridized carbons (Fsp3) is 0.118. The molecule has 0 radical (unpaired) electrons. The van der Waals surface area contributed by atoms with Crippen LogP contribution in [0.25, 0.3) is 6.08 Å². The zero-order valence-electron chi connectivity index (χ0n) is 12.8. The van der Waals surface area contributed by atoms with Gasteiger partial charge >= 0.3 is 0 Å². The molecular formula is C17H14N2O3S2. The molecule has 24 heavy (non-hydrogen) atoms. The lowest BCUT2D eigenvalue weighted by atomic mass is 10.2. The number of imide groups is 1. The van der Waals surface area contributed by atoms with Gasteiger partial charge in [0.1, 0.15) is 6.54 Å². The lowest BCUT2D eigenvalue weighted by Crippen LogP contribution is -2.36. The molecule has 1 N–H and O–H groups in total. The summed E-state index contributed by atoms with van der Waals surface area (Å²) < 4.78 is 0. The molecule has 3 amide bonds. The number of nitrogens with one attached hydrogen (secondary N) is 1. The molecule has 1 aromatic heterocycles. The summed E-state index contributed by atoms with van der Waals surface area (Å²) in [6, 6.07) is 9.16. The number of aryl methyl sites for hydroxylation is 1. The van der Waals surface area contributed by atoms with Crippen LogP contribution in [0.1, 0.15) is 11.1 Å². The molecule has 2 heterocycles. The number of carbonyl (C=O) groups is 3. The van der Waals surface area contributed by atoms with Gasteiger partial charge in [-0.2, -0.15) is 11.3 Å². The van der Waals surface area contributed by atoms with Gasteiger partial charge in [0.25, 0.3) is 11.1 Å². The Labute approximate surface area is 147 Å². The van der Waals surface area contributed by atoms with Crippen LogP contribution < -0.4 is 5.32 Å². The molecule has 0 saturated carbocycles. The van der Waals surface area contributed by atoms with Gasteiger partial charge in [0, 0.05) is 5.69 Å². The first-order chi connectivity index (χ1) is 11.5. The van der Waals surface area contributed by atoms with Crippen LogP contribution >= 0.6 is 23.1 Å². The van der Waals surface area contributed by atoms with Crippen molar-refractivity contribution in [1.29, 1.82) is 0 Å².